The summed E-state index contributed by atoms with van der Waals surface area (Å²) in [6.45, 7) is 0.316. The predicted molar refractivity (Wildman–Crippen MR) is 98.3 cm³/mol. The van der Waals surface area contributed by atoms with Crippen LogP contribution < -0.4 is 11.1 Å². The minimum atomic E-state index is -4.51. The second-order valence-corrected chi connectivity index (χ2v) is 6.35. The van der Waals surface area contributed by atoms with E-state index in [9.17, 15) is 18.0 Å². The van der Waals surface area contributed by atoms with Crippen molar-refractivity contribution in [1.82, 2.24) is 20.3 Å². The molecule has 6 nitrogen and oxygen atoms in total. The fourth-order valence-electron chi connectivity index (χ4n) is 2.51. The quantitative estimate of drug-likeness (QED) is 0.675. The molecule has 0 fully saturated rings. The molecule has 146 valence electrons. The number of nitrogen functional groups attached to an aromatic ring is 1. The summed E-state index contributed by atoms with van der Waals surface area (Å²) in [4.78, 5) is 12.3. The molecule has 0 unspecified atom stereocenters. The third kappa shape index (κ3) is 4.42. The molecule has 0 aliphatic heterocycles. The number of nitrogens with zero attached hydrogens (tertiary/aromatic N) is 3. The zero-order valence-corrected chi connectivity index (χ0v) is 15.1. The number of nitrogens with one attached hydrogen (secondary N) is 1. The van der Waals surface area contributed by atoms with Gasteiger partial charge in [0.2, 0.25) is 0 Å². The lowest BCUT2D eigenvalue weighted by Crippen LogP contribution is -2.27. The number of hydrogen-bond acceptors (Lipinski definition) is 4. The largest absolute Gasteiger partial charge is 0.416 e. The van der Waals surface area contributed by atoms with Crippen LogP contribution in [0, 0.1) is 0 Å². The van der Waals surface area contributed by atoms with E-state index in [2.05, 4.69) is 15.6 Å². The van der Waals surface area contributed by atoms with Gasteiger partial charge in [-0.05, 0) is 42.3 Å². The summed E-state index contributed by atoms with van der Waals surface area (Å²) < 4.78 is 39.6. The number of aromatic nitrogens is 3. The normalized spacial score (nSPS) is 11.4. The van der Waals surface area contributed by atoms with Crippen molar-refractivity contribution < 1.29 is 18.0 Å². The molecular formula is C18H15ClF3N5O. The Bertz CT molecular complexity index is 986. The molecule has 0 aliphatic carbocycles. The number of alkyl halides is 3. The van der Waals surface area contributed by atoms with Crippen LogP contribution in [0.2, 0.25) is 5.02 Å². The van der Waals surface area contributed by atoms with Gasteiger partial charge in [-0.25, -0.2) is 0 Å². The van der Waals surface area contributed by atoms with Gasteiger partial charge in [-0.15, -0.1) is 5.10 Å². The highest BCUT2D eigenvalue weighted by atomic mass is 35.5. The number of benzene rings is 2. The first kappa shape index (κ1) is 19.7. The summed E-state index contributed by atoms with van der Waals surface area (Å²) in [5.74, 6) is -0.715. The van der Waals surface area contributed by atoms with E-state index in [1.807, 2.05) is 12.1 Å². The number of halogens is 4. The number of rotatable bonds is 5. The van der Waals surface area contributed by atoms with Gasteiger partial charge in [0.05, 0.1) is 11.3 Å². The van der Waals surface area contributed by atoms with Gasteiger partial charge in [0.25, 0.3) is 5.91 Å². The average Bonchev–Trinajstić information content (AvgIpc) is 3.04. The summed E-state index contributed by atoms with van der Waals surface area (Å²) in [6.07, 6.45) is -3.95. The molecule has 0 saturated carbocycles. The zero-order chi connectivity index (χ0) is 20.3. The predicted octanol–water partition coefficient (Wildman–Crippen LogP) is 3.49. The molecule has 3 rings (SSSR count). The lowest BCUT2D eigenvalue weighted by atomic mass is 10.1. The van der Waals surface area contributed by atoms with E-state index in [4.69, 9.17) is 17.3 Å². The zero-order valence-electron chi connectivity index (χ0n) is 14.4. The van der Waals surface area contributed by atoms with E-state index in [0.717, 1.165) is 22.4 Å². The van der Waals surface area contributed by atoms with Gasteiger partial charge in [-0.2, -0.15) is 17.9 Å². The van der Waals surface area contributed by atoms with Crippen molar-refractivity contribution in [2.75, 3.05) is 12.3 Å². The average molecular weight is 410 g/mol. The summed E-state index contributed by atoms with van der Waals surface area (Å²) >= 11 is 5.82. The Hall–Kier alpha value is -3.07. The van der Waals surface area contributed by atoms with Crippen LogP contribution in [0.15, 0.2) is 48.5 Å². The lowest BCUT2D eigenvalue weighted by molar-refractivity contribution is -0.137. The molecule has 0 radical (unpaired) electrons. The number of anilines is 1. The minimum absolute atomic E-state index is 0.0556. The standard InChI is InChI=1S/C18H15ClF3N5O/c19-13-6-4-11(5-7-13)8-9-24-17(28)15-16(23)27(26-25-15)14-3-1-2-12(10-14)18(20,21)22/h1-7,10H,8-9,23H2,(H,24,28). The van der Waals surface area contributed by atoms with Crippen LogP contribution in [-0.2, 0) is 12.6 Å². The maximum Gasteiger partial charge on any atom is 0.416 e. The molecule has 0 spiro atoms. The van der Waals surface area contributed by atoms with Crippen molar-refractivity contribution in [3.05, 3.63) is 70.4 Å². The van der Waals surface area contributed by atoms with Crippen LogP contribution >= 0.6 is 11.6 Å². The molecule has 3 N–H and O–H groups in total. The van der Waals surface area contributed by atoms with Crippen molar-refractivity contribution in [2.45, 2.75) is 12.6 Å². The molecule has 10 heteroatoms. The number of hydrogen-bond donors (Lipinski definition) is 2. The third-order valence-corrected chi connectivity index (χ3v) is 4.20. The molecule has 0 saturated heterocycles. The summed E-state index contributed by atoms with van der Waals surface area (Å²) in [7, 11) is 0. The highest BCUT2D eigenvalue weighted by Gasteiger charge is 2.31. The molecule has 3 aromatic rings. The van der Waals surface area contributed by atoms with Crippen LogP contribution in [0.3, 0.4) is 0 Å². The fourth-order valence-corrected chi connectivity index (χ4v) is 2.64. The van der Waals surface area contributed by atoms with Crippen molar-refractivity contribution in [2.24, 2.45) is 0 Å². The van der Waals surface area contributed by atoms with E-state index < -0.39 is 17.6 Å². The van der Waals surface area contributed by atoms with Gasteiger partial charge < -0.3 is 11.1 Å². The smallest absolute Gasteiger partial charge is 0.382 e. The molecule has 0 bridgehead atoms. The number of nitrogens with two attached hydrogens (primary N) is 1. The van der Waals surface area contributed by atoms with Crippen LogP contribution in [0.4, 0.5) is 19.0 Å². The molecule has 1 heterocycles. The van der Waals surface area contributed by atoms with Gasteiger partial charge in [-0.1, -0.05) is 35.0 Å². The lowest BCUT2D eigenvalue weighted by Gasteiger charge is -2.09. The highest BCUT2D eigenvalue weighted by Crippen LogP contribution is 2.30. The van der Waals surface area contributed by atoms with Gasteiger partial charge in [0, 0.05) is 11.6 Å². The summed E-state index contributed by atoms with van der Waals surface area (Å²) in [5, 5.41) is 10.7. The summed E-state index contributed by atoms with van der Waals surface area (Å²) in [6, 6.07) is 11.6. The first-order valence-corrected chi connectivity index (χ1v) is 8.55. The second-order valence-electron chi connectivity index (χ2n) is 5.92. The van der Waals surface area contributed by atoms with Crippen LogP contribution in [0.25, 0.3) is 5.69 Å². The van der Waals surface area contributed by atoms with Crippen molar-refractivity contribution in [1.29, 1.82) is 0 Å². The maximum atomic E-state index is 12.9. The van der Waals surface area contributed by atoms with E-state index in [-0.39, 0.29) is 17.2 Å². The monoisotopic (exact) mass is 409 g/mol. The Kier molecular flexibility index (Phi) is 5.55. The van der Waals surface area contributed by atoms with E-state index in [1.165, 1.54) is 12.1 Å². The Morgan fingerprint density at radius 1 is 1.18 bits per heavy atom. The third-order valence-electron chi connectivity index (χ3n) is 3.95. The topological polar surface area (TPSA) is 85.8 Å². The van der Waals surface area contributed by atoms with Crippen molar-refractivity contribution >= 4 is 23.3 Å². The molecule has 1 aromatic heterocycles. The van der Waals surface area contributed by atoms with Crippen molar-refractivity contribution in [3.63, 3.8) is 0 Å². The molecule has 0 aliphatic rings. The van der Waals surface area contributed by atoms with Gasteiger partial charge in [0.15, 0.2) is 11.5 Å². The first-order valence-electron chi connectivity index (χ1n) is 8.17. The fraction of sp³-hybridized carbons (Fsp3) is 0.167. The maximum absolute atomic E-state index is 12.9. The van der Waals surface area contributed by atoms with E-state index >= 15 is 0 Å². The number of carbonyl (C=O) groups is 1. The van der Waals surface area contributed by atoms with E-state index in [0.29, 0.717) is 18.0 Å². The van der Waals surface area contributed by atoms with Gasteiger partial charge in [0.1, 0.15) is 0 Å². The SMILES string of the molecule is Nc1c(C(=O)NCCc2ccc(Cl)cc2)nnn1-c1cccc(C(F)(F)F)c1. The Morgan fingerprint density at radius 2 is 1.89 bits per heavy atom. The highest BCUT2D eigenvalue weighted by molar-refractivity contribution is 6.30. The molecule has 1 amide bonds. The van der Waals surface area contributed by atoms with Crippen LogP contribution in [-0.4, -0.2) is 27.4 Å². The number of amides is 1. The Morgan fingerprint density at radius 3 is 2.57 bits per heavy atom. The summed E-state index contributed by atoms with van der Waals surface area (Å²) in [5.41, 5.74) is 5.90. The van der Waals surface area contributed by atoms with Crippen LogP contribution in [0.5, 0.6) is 0 Å². The van der Waals surface area contributed by atoms with Gasteiger partial charge in [-0.3, -0.25) is 4.79 Å². The first-order chi connectivity index (χ1) is 13.3. The molecule has 2 aromatic carbocycles. The molecule has 28 heavy (non-hydrogen) atoms. The van der Waals surface area contributed by atoms with Gasteiger partial charge >= 0.3 is 6.18 Å². The molecule has 0 atom stereocenters. The number of carbonyl (C=O) groups excluding carboxylic acids is 1. The second kappa shape index (κ2) is 7.89. The van der Waals surface area contributed by atoms with Crippen molar-refractivity contribution in [3.8, 4) is 5.69 Å². The minimum Gasteiger partial charge on any atom is -0.382 e. The Balaban J connectivity index is 1.70. The molecular weight excluding hydrogens is 395 g/mol. The Labute approximate surface area is 163 Å². The van der Waals surface area contributed by atoms with Crippen LogP contribution in [0.1, 0.15) is 21.6 Å². The van der Waals surface area contributed by atoms with E-state index in [1.54, 1.807) is 12.1 Å².